The molecule has 1 fully saturated rings. The van der Waals surface area contributed by atoms with Crippen molar-refractivity contribution in [2.24, 2.45) is 0 Å². The summed E-state index contributed by atoms with van der Waals surface area (Å²) in [4.78, 5) is 9.13. The molecule has 10 nitrogen and oxygen atoms in total. The minimum atomic E-state index is -1.11. The van der Waals surface area contributed by atoms with Gasteiger partial charge in [-0.15, -0.1) is 16.4 Å². The number of hydrogen-bond donors (Lipinski definition) is 2. The number of nitriles is 1. The number of aryl methyl sites for hydroxylation is 1. The van der Waals surface area contributed by atoms with Gasteiger partial charge in [-0.2, -0.15) is 5.26 Å². The van der Waals surface area contributed by atoms with Gasteiger partial charge in [-0.1, -0.05) is 17.0 Å². The minimum absolute atomic E-state index is 0.238. The second-order valence-electron chi connectivity index (χ2n) is 7.01. The Labute approximate surface area is 200 Å². The number of hydrogen-bond acceptors (Lipinski definition) is 11. The van der Waals surface area contributed by atoms with E-state index in [9.17, 15) is 15.5 Å². The zero-order valence-electron chi connectivity index (χ0n) is 17.0. The van der Waals surface area contributed by atoms with Crippen LogP contribution < -0.4 is 0 Å². The van der Waals surface area contributed by atoms with Gasteiger partial charge in [0.25, 0.3) is 0 Å². The molecule has 0 saturated carbocycles. The number of nitrogens with zero attached hydrogens (tertiary/aromatic N) is 6. The molecule has 1 aliphatic heterocycles. The zero-order valence-corrected chi connectivity index (χ0v) is 20.2. The van der Waals surface area contributed by atoms with Crippen LogP contribution in [0, 0.1) is 18.3 Å². The average Bonchev–Trinajstić information content (AvgIpc) is 3.43. The molecule has 0 aliphatic carbocycles. The van der Waals surface area contributed by atoms with Crippen molar-refractivity contribution in [2.75, 3.05) is 13.7 Å². The van der Waals surface area contributed by atoms with Gasteiger partial charge in [-0.3, -0.25) is 0 Å². The topological polar surface area (TPSA) is 139 Å². The summed E-state index contributed by atoms with van der Waals surface area (Å²) in [6.07, 6.45) is 0.574. The first-order valence-electron chi connectivity index (χ1n) is 9.49. The summed E-state index contributed by atoms with van der Waals surface area (Å²) in [6, 6.07) is 3.13. The highest BCUT2D eigenvalue weighted by Crippen LogP contribution is 2.40. The van der Waals surface area contributed by atoms with Crippen molar-refractivity contribution in [1.29, 1.82) is 5.26 Å². The SMILES string of the molecule is CO[C@@H]1[C@@H](n2cc(-c3nc(C)cs3)nn2)[C@@H](O)[C@@H](CO)O[C@@H]1Sc1cc(Br)cnc1C#N. The molecule has 32 heavy (non-hydrogen) atoms. The number of pyridine rings is 1. The number of aliphatic hydroxyl groups excluding tert-OH is 2. The van der Waals surface area contributed by atoms with Gasteiger partial charge < -0.3 is 19.7 Å². The fraction of sp³-hybridized carbons (Fsp3) is 0.421. The maximum Gasteiger partial charge on any atom is 0.154 e. The lowest BCUT2D eigenvalue weighted by molar-refractivity contribution is -0.186. The summed E-state index contributed by atoms with van der Waals surface area (Å²) in [5, 5.41) is 41.3. The summed E-state index contributed by atoms with van der Waals surface area (Å²) < 4.78 is 13.9. The van der Waals surface area contributed by atoms with Crippen LogP contribution in [-0.4, -0.2) is 72.6 Å². The van der Waals surface area contributed by atoms with Gasteiger partial charge in [0, 0.05) is 33.7 Å². The van der Waals surface area contributed by atoms with E-state index < -0.39 is 36.4 Å². The fourth-order valence-corrected chi connectivity index (χ4v) is 5.91. The maximum atomic E-state index is 10.9. The molecule has 0 amide bonds. The summed E-state index contributed by atoms with van der Waals surface area (Å²) in [6.45, 7) is 1.49. The Kier molecular flexibility index (Phi) is 7.21. The molecule has 2 N–H and O–H groups in total. The summed E-state index contributed by atoms with van der Waals surface area (Å²) >= 11 is 6.05. The van der Waals surface area contributed by atoms with Crippen molar-refractivity contribution >= 4 is 39.0 Å². The first kappa shape index (κ1) is 23.2. The first-order chi connectivity index (χ1) is 15.4. The predicted octanol–water partition coefficient (Wildman–Crippen LogP) is 2.17. The van der Waals surface area contributed by atoms with E-state index in [4.69, 9.17) is 9.47 Å². The number of thioether (sulfide) groups is 1. The Morgan fingerprint density at radius 1 is 1.47 bits per heavy atom. The Bertz CT molecular complexity index is 1140. The van der Waals surface area contributed by atoms with Crippen LogP contribution in [-0.2, 0) is 9.47 Å². The molecule has 0 radical (unpaired) electrons. The second kappa shape index (κ2) is 9.92. The molecular formula is C19H19BrN6O4S2. The number of aliphatic hydroxyl groups is 2. The number of halogens is 1. The number of methoxy groups -OCH3 is 1. The lowest BCUT2D eigenvalue weighted by Gasteiger charge is -2.43. The fourth-order valence-electron chi connectivity index (χ4n) is 3.42. The smallest absolute Gasteiger partial charge is 0.154 e. The van der Waals surface area contributed by atoms with Crippen LogP contribution in [0.15, 0.2) is 33.2 Å². The summed E-state index contributed by atoms with van der Waals surface area (Å²) in [5.41, 5.74) is 1.03. The normalized spacial score (nSPS) is 25.6. The molecule has 13 heteroatoms. The van der Waals surface area contributed by atoms with Crippen molar-refractivity contribution in [3.8, 4) is 16.8 Å². The molecule has 1 aliphatic rings. The highest BCUT2D eigenvalue weighted by molar-refractivity contribution is 9.10. The van der Waals surface area contributed by atoms with Crippen molar-refractivity contribution in [1.82, 2.24) is 25.0 Å². The number of ether oxygens (including phenoxy) is 2. The van der Waals surface area contributed by atoms with Gasteiger partial charge in [0.05, 0.1) is 12.8 Å². The van der Waals surface area contributed by atoms with Crippen molar-refractivity contribution < 1.29 is 19.7 Å². The molecule has 3 aromatic rings. The van der Waals surface area contributed by atoms with Crippen molar-refractivity contribution in [3.05, 3.63) is 39.7 Å². The van der Waals surface area contributed by atoms with Gasteiger partial charge in [-0.25, -0.2) is 14.6 Å². The van der Waals surface area contributed by atoms with Crippen molar-refractivity contribution in [3.63, 3.8) is 0 Å². The molecule has 0 bridgehead atoms. The van der Waals surface area contributed by atoms with E-state index in [0.29, 0.717) is 20.1 Å². The van der Waals surface area contributed by atoms with E-state index in [1.165, 1.54) is 34.9 Å². The van der Waals surface area contributed by atoms with Crippen LogP contribution >= 0.6 is 39.0 Å². The standard InChI is InChI=1S/C19H19BrN6O4S2/c1-9-8-31-18(23-9)12-6-26(25-24-12)15-16(28)13(7-27)30-19(17(15)29-2)32-14-3-10(20)5-22-11(14)4-21/h3,5-6,8,13,15-17,19,27-28H,7H2,1-2H3/t13-,15+,16+,17-,19-/m1/s1. The molecule has 5 atom stereocenters. The molecule has 0 spiro atoms. The van der Waals surface area contributed by atoms with E-state index in [-0.39, 0.29) is 5.69 Å². The third-order valence-electron chi connectivity index (χ3n) is 4.92. The molecule has 4 heterocycles. The molecule has 3 aromatic heterocycles. The lowest BCUT2D eigenvalue weighted by atomic mass is 9.97. The van der Waals surface area contributed by atoms with E-state index in [1.54, 1.807) is 18.5 Å². The molecule has 0 unspecified atom stereocenters. The van der Waals surface area contributed by atoms with E-state index in [1.807, 2.05) is 12.3 Å². The third-order valence-corrected chi connectivity index (χ3v) is 7.51. The van der Waals surface area contributed by atoms with E-state index in [0.717, 1.165) is 5.69 Å². The van der Waals surface area contributed by atoms with Crippen LogP contribution in [0.1, 0.15) is 17.4 Å². The molecule has 168 valence electrons. The molecular weight excluding hydrogens is 520 g/mol. The Hall–Kier alpha value is -1.92. The first-order valence-corrected chi connectivity index (χ1v) is 12.0. The van der Waals surface area contributed by atoms with Crippen LogP contribution in [0.25, 0.3) is 10.7 Å². The Morgan fingerprint density at radius 2 is 2.28 bits per heavy atom. The van der Waals surface area contributed by atoms with Crippen LogP contribution in [0.2, 0.25) is 0 Å². The summed E-state index contributed by atoms with van der Waals surface area (Å²) in [5.74, 6) is 0. The monoisotopic (exact) mass is 538 g/mol. The molecule has 0 aromatic carbocycles. The largest absolute Gasteiger partial charge is 0.394 e. The molecule has 4 rings (SSSR count). The number of aromatic nitrogens is 5. The van der Waals surface area contributed by atoms with Gasteiger partial charge in [0.1, 0.15) is 46.6 Å². The highest BCUT2D eigenvalue weighted by Gasteiger charge is 2.47. The number of thiazole rings is 1. The molecule has 1 saturated heterocycles. The lowest BCUT2D eigenvalue weighted by Crippen LogP contribution is -2.55. The van der Waals surface area contributed by atoms with Crippen LogP contribution in [0.5, 0.6) is 0 Å². The van der Waals surface area contributed by atoms with Crippen LogP contribution in [0.4, 0.5) is 0 Å². The van der Waals surface area contributed by atoms with Gasteiger partial charge in [0.15, 0.2) is 5.69 Å². The van der Waals surface area contributed by atoms with Gasteiger partial charge in [-0.05, 0) is 28.9 Å². The Morgan fingerprint density at radius 3 is 2.94 bits per heavy atom. The maximum absolute atomic E-state index is 10.9. The summed E-state index contributed by atoms with van der Waals surface area (Å²) in [7, 11) is 1.51. The second-order valence-corrected chi connectivity index (χ2v) is 9.93. The minimum Gasteiger partial charge on any atom is -0.394 e. The Balaban J connectivity index is 1.68. The van der Waals surface area contributed by atoms with Gasteiger partial charge >= 0.3 is 0 Å². The predicted molar refractivity (Wildman–Crippen MR) is 120 cm³/mol. The number of rotatable bonds is 6. The highest BCUT2D eigenvalue weighted by atomic mass is 79.9. The van der Waals surface area contributed by atoms with E-state index in [2.05, 4.69) is 42.3 Å². The quantitative estimate of drug-likeness (QED) is 0.479. The van der Waals surface area contributed by atoms with Crippen molar-refractivity contribution in [2.45, 2.75) is 41.6 Å². The van der Waals surface area contributed by atoms with Crippen LogP contribution in [0.3, 0.4) is 0 Å². The van der Waals surface area contributed by atoms with E-state index >= 15 is 0 Å². The van der Waals surface area contributed by atoms with Gasteiger partial charge in [0.2, 0.25) is 0 Å². The third kappa shape index (κ3) is 4.58. The average molecular weight is 539 g/mol. The zero-order chi connectivity index (χ0) is 22.8.